The first kappa shape index (κ1) is 25.3. The second-order valence-corrected chi connectivity index (χ2v) is 9.71. The molecule has 7 heteroatoms. The van der Waals surface area contributed by atoms with E-state index in [0.29, 0.717) is 49.2 Å². The van der Waals surface area contributed by atoms with Gasteiger partial charge in [-0.1, -0.05) is 69.3 Å². The van der Waals surface area contributed by atoms with E-state index in [1.165, 1.54) is 0 Å². The first-order valence-electron chi connectivity index (χ1n) is 12.3. The number of carbonyl (C=O) groups is 2. The van der Waals surface area contributed by atoms with Gasteiger partial charge in [-0.25, -0.2) is 0 Å². The van der Waals surface area contributed by atoms with Crippen LogP contribution in [0.25, 0.3) is 0 Å². The van der Waals surface area contributed by atoms with E-state index < -0.39 is 0 Å². The molecule has 1 aliphatic rings. The van der Waals surface area contributed by atoms with Crippen LogP contribution in [0.5, 0.6) is 0 Å². The quantitative estimate of drug-likeness (QED) is 0.553. The van der Waals surface area contributed by atoms with E-state index in [0.717, 1.165) is 49.8 Å². The van der Waals surface area contributed by atoms with Crippen molar-refractivity contribution < 1.29 is 9.59 Å². The Labute approximate surface area is 202 Å². The minimum Gasteiger partial charge on any atom is -0.333 e. The number of fused-ring (bicyclic) bond motifs is 1. The Balaban J connectivity index is 1.95. The number of rotatable bonds is 4. The third-order valence-electron chi connectivity index (χ3n) is 6.12. The van der Waals surface area contributed by atoms with Crippen LogP contribution in [-0.2, 0) is 17.9 Å². The summed E-state index contributed by atoms with van der Waals surface area (Å²) in [7, 11) is 0. The molecule has 0 saturated carbocycles. The lowest BCUT2D eigenvalue weighted by atomic mass is 10.1. The molecule has 0 radical (unpaired) electrons. The average molecular weight is 473 g/mol. The molecular formula is C26H37ClN4O2. The number of para-hydroxylation sites is 1. The molecule has 0 fully saturated rings. The lowest BCUT2D eigenvalue weighted by Crippen LogP contribution is -2.36. The van der Waals surface area contributed by atoms with E-state index in [4.69, 9.17) is 11.6 Å². The zero-order valence-electron chi connectivity index (χ0n) is 20.2. The Bertz CT molecular complexity index is 940. The topological polar surface area (TPSA) is 58.4 Å². The molecule has 2 heterocycles. The summed E-state index contributed by atoms with van der Waals surface area (Å²) in [5, 5.41) is 4.79. The van der Waals surface area contributed by atoms with Gasteiger partial charge in [0.2, 0.25) is 5.91 Å². The fourth-order valence-corrected chi connectivity index (χ4v) is 4.57. The molecule has 0 atom stereocenters. The summed E-state index contributed by atoms with van der Waals surface area (Å²) in [4.78, 5) is 30.5. The van der Waals surface area contributed by atoms with E-state index in [2.05, 4.69) is 18.9 Å². The van der Waals surface area contributed by atoms with Gasteiger partial charge >= 0.3 is 0 Å². The summed E-state index contributed by atoms with van der Waals surface area (Å²) in [6.07, 6.45) is 8.63. The molecule has 0 N–H and O–H groups in total. The molecule has 6 nitrogen and oxygen atoms in total. The van der Waals surface area contributed by atoms with E-state index in [1.54, 1.807) is 10.9 Å². The average Bonchev–Trinajstić information content (AvgIpc) is 3.17. The van der Waals surface area contributed by atoms with Crippen LogP contribution in [0.15, 0.2) is 30.5 Å². The van der Waals surface area contributed by atoms with Crippen molar-refractivity contribution in [3.8, 4) is 0 Å². The maximum atomic E-state index is 13.5. The number of aromatic nitrogens is 2. The Morgan fingerprint density at radius 2 is 1.70 bits per heavy atom. The van der Waals surface area contributed by atoms with Crippen LogP contribution in [-0.4, -0.2) is 39.6 Å². The number of nitrogens with zero attached hydrogens (tertiary/aromatic N) is 4. The molecule has 0 saturated heterocycles. The van der Waals surface area contributed by atoms with E-state index >= 15 is 0 Å². The number of halogens is 1. The Morgan fingerprint density at radius 1 is 1.03 bits per heavy atom. The van der Waals surface area contributed by atoms with Crippen molar-refractivity contribution in [1.82, 2.24) is 14.7 Å². The van der Waals surface area contributed by atoms with Gasteiger partial charge in [-0.3, -0.25) is 14.3 Å². The molecule has 1 aromatic carbocycles. The summed E-state index contributed by atoms with van der Waals surface area (Å²) < 4.78 is 1.69. The highest BCUT2D eigenvalue weighted by molar-refractivity contribution is 6.33. The lowest BCUT2D eigenvalue weighted by Gasteiger charge is -2.29. The van der Waals surface area contributed by atoms with Crippen molar-refractivity contribution in [1.29, 1.82) is 0 Å². The van der Waals surface area contributed by atoms with Crippen molar-refractivity contribution in [3.05, 3.63) is 46.7 Å². The SMILES string of the molecule is CCn1cc(Cl)c(C(=O)N2CCCCCCCCN(C(=O)CC(C)C)c3ccccc3C2)n1. The zero-order valence-corrected chi connectivity index (χ0v) is 21.0. The lowest BCUT2D eigenvalue weighted by molar-refractivity contribution is -0.119. The smallest absolute Gasteiger partial charge is 0.276 e. The molecule has 0 spiro atoms. The number of benzene rings is 1. The second kappa shape index (κ2) is 12.2. The van der Waals surface area contributed by atoms with Crippen LogP contribution in [0.2, 0.25) is 5.02 Å². The monoisotopic (exact) mass is 472 g/mol. The molecule has 1 aliphatic heterocycles. The maximum absolute atomic E-state index is 13.5. The molecule has 2 amide bonds. The molecular weight excluding hydrogens is 436 g/mol. The first-order chi connectivity index (χ1) is 15.9. The Kier molecular flexibility index (Phi) is 9.36. The first-order valence-corrected chi connectivity index (χ1v) is 12.7. The van der Waals surface area contributed by atoms with Gasteiger partial charge in [0, 0.05) is 44.5 Å². The number of carbonyl (C=O) groups excluding carboxylic acids is 2. The largest absolute Gasteiger partial charge is 0.333 e. The van der Waals surface area contributed by atoms with E-state index in [9.17, 15) is 9.59 Å². The van der Waals surface area contributed by atoms with Crippen LogP contribution in [0.3, 0.4) is 0 Å². The van der Waals surface area contributed by atoms with Crippen molar-refractivity contribution in [2.45, 2.75) is 78.8 Å². The predicted molar refractivity (Wildman–Crippen MR) is 134 cm³/mol. The highest BCUT2D eigenvalue weighted by Gasteiger charge is 2.25. The van der Waals surface area contributed by atoms with Gasteiger partial charge in [0.25, 0.3) is 5.91 Å². The summed E-state index contributed by atoms with van der Waals surface area (Å²) >= 11 is 6.37. The normalized spacial score (nSPS) is 16.0. The minimum atomic E-state index is -0.156. The Morgan fingerprint density at radius 3 is 2.36 bits per heavy atom. The standard InChI is InChI=1S/C26H37ClN4O2/c1-4-30-19-22(27)25(28-30)26(33)29-15-11-7-5-6-8-12-16-31(24(32)17-20(2)3)23-14-10-9-13-21(23)18-29/h9-10,13-14,19-20H,4-8,11-12,15-18H2,1-3H3. The summed E-state index contributed by atoms with van der Waals surface area (Å²) in [6.45, 7) is 8.55. The fraction of sp³-hybridized carbons (Fsp3) is 0.577. The van der Waals surface area contributed by atoms with Crippen LogP contribution in [0.4, 0.5) is 5.69 Å². The zero-order chi connectivity index (χ0) is 23.8. The van der Waals surface area contributed by atoms with Crippen molar-refractivity contribution in [2.24, 2.45) is 5.92 Å². The van der Waals surface area contributed by atoms with Crippen LogP contribution in [0.1, 0.15) is 81.8 Å². The van der Waals surface area contributed by atoms with Gasteiger partial charge in [-0.05, 0) is 37.3 Å². The highest BCUT2D eigenvalue weighted by atomic mass is 35.5. The third kappa shape index (κ3) is 6.83. The number of hydrogen-bond donors (Lipinski definition) is 0. The fourth-order valence-electron chi connectivity index (χ4n) is 4.34. The molecule has 0 aliphatic carbocycles. The summed E-state index contributed by atoms with van der Waals surface area (Å²) in [6, 6.07) is 7.98. The third-order valence-corrected chi connectivity index (χ3v) is 6.39. The molecule has 3 rings (SSSR count). The minimum absolute atomic E-state index is 0.148. The Hall–Kier alpha value is -2.34. The van der Waals surface area contributed by atoms with E-state index in [1.807, 2.05) is 41.0 Å². The van der Waals surface area contributed by atoms with Crippen molar-refractivity contribution in [2.75, 3.05) is 18.0 Å². The van der Waals surface area contributed by atoms with Gasteiger partial charge in [0.1, 0.15) is 0 Å². The molecule has 1 aromatic heterocycles. The van der Waals surface area contributed by atoms with Crippen LogP contribution < -0.4 is 4.90 Å². The van der Waals surface area contributed by atoms with E-state index in [-0.39, 0.29) is 11.8 Å². The van der Waals surface area contributed by atoms with Gasteiger partial charge in [-0.15, -0.1) is 0 Å². The van der Waals surface area contributed by atoms with Gasteiger partial charge < -0.3 is 9.80 Å². The summed E-state index contributed by atoms with van der Waals surface area (Å²) in [5.74, 6) is 0.287. The number of amides is 2. The molecule has 2 aromatic rings. The van der Waals surface area contributed by atoms with Crippen molar-refractivity contribution in [3.63, 3.8) is 0 Å². The molecule has 0 unspecified atom stereocenters. The molecule has 0 bridgehead atoms. The summed E-state index contributed by atoms with van der Waals surface area (Å²) in [5.41, 5.74) is 2.19. The van der Waals surface area contributed by atoms with Gasteiger partial charge in [0.15, 0.2) is 5.69 Å². The molecule has 180 valence electrons. The number of anilines is 1. The predicted octanol–water partition coefficient (Wildman–Crippen LogP) is 5.93. The van der Waals surface area contributed by atoms with Crippen LogP contribution in [0, 0.1) is 5.92 Å². The van der Waals surface area contributed by atoms with Crippen LogP contribution >= 0.6 is 11.6 Å². The maximum Gasteiger partial charge on any atom is 0.276 e. The van der Waals surface area contributed by atoms with Gasteiger partial charge in [0.05, 0.1) is 5.02 Å². The van der Waals surface area contributed by atoms with Crippen molar-refractivity contribution >= 4 is 29.1 Å². The second-order valence-electron chi connectivity index (χ2n) is 9.30. The number of hydrogen-bond acceptors (Lipinski definition) is 3. The molecule has 33 heavy (non-hydrogen) atoms. The highest BCUT2D eigenvalue weighted by Crippen LogP contribution is 2.27. The van der Waals surface area contributed by atoms with Gasteiger partial charge in [-0.2, -0.15) is 5.10 Å². The number of aryl methyl sites for hydroxylation is 1.